The molecule has 0 aliphatic rings. The minimum atomic E-state index is 0.158. The SMILES string of the molecule is CSCCC(=O)N(C)CCC(N)=S. The van der Waals surface area contributed by atoms with Gasteiger partial charge in [0.25, 0.3) is 0 Å². The molecule has 0 heterocycles. The highest BCUT2D eigenvalue weighted by Gasteiger charge is 2.07. The van der Waals surface area contributed by atoms with E-state index in [4.69, 9.17) is 18.0 Å². The molecular weight excluding hydrogens is 204 g/mol. The fraction of sp³-hybridized carbons (Fsp3) is 0.750. The van der Waals surface area contributed by atoms with Gasteiger partial charge in [-0.25, -0.2) is 0 Å². The van der Waals surface area contributed by atoms with Crippen LogP contribution in [0.25, 0.3) is 0 Å². The molecule has 3 nitrogen and oxygen atoms in total. The molecule has 0 saturated heterocycles. The Labute approximate surface area is 89.0 Å². The Hall–Kier alpha value is -0.290. The Kier molecular flexibility index (Phi) is 6.99. The number of hydrogen-bond donors (Lipinski definition) is 1. The summed E-state index contributed by atoms with van der Waals surface area (Å²) in [4.78, 5) is 13.5. The molecule has 2 N–H and O–H groups in total. The highest BCUT2D eigenvalue weighted by Crippen LogP contribution is 1.99. The van der Waals surface area contributed by atoms with E-state index >= 15 is 0 Å². The van der Waals surface area contributed by atoms with E-state index in [9.17, 15) is 4.79 Å². The summed E-state index contributed by atoms with van der Waals surface area (Å²) in [5.41, 5.74) is 5.33. The smallest absolute Gasteiger partial charge is 0.223 e. The van der Waals surface area contributed by atoms with Crippen LogP contribution >= 0.6 is 24.0 Å². The van der Waals surface area contributed by atoms with Crippen molar-refractivity contribution in [1.82, 2.24) is 4.90 Å². The van der Waals surface area contributed by atoms with Gasteiger partial charge in [0.2, 0.25) is 5.91 Å². The molecule has 0 aromatic rings. The van der Waals surface area contributed by atoms with Crippen LogP contribution in [0, 0.1) is 0 Å². The summed E-state index contributed by atoms with van der Waals surface area (Å²) < 4.78 is 0. The Morgan fingerprint density at radius 1 is 1.54 bits per heavy atom. The number of amides is 1. The van der Waals surface area contributed by atoms with E-state index in [-0.39, 0.29) is 5.91 Å². The predicted molar refractivity (Wildman–Crippen MR) is 62.0 cm³/mol. The van der Waals surface area contributed by atoms with E-state index in [1.165, 1.54) is 0 Å². The maximum Gasteiger partial charge on any atom is 0.223 e. The van der Waals surface area contributed by atoms with Crippen molar-refractivity contribution < 1.29 is 4.79 Å². The fourth-order valence-corrected chi connectivity index (χ4v) is 1.25. The van der Waals surface area contributed by atoms with Gasteiger partial charge in [-0.3, -0.25) is 4.79 Å². The van der Waals surface area contributed by atoms with Crippen molar-refractivity contribution in [3.63, 3.8) is 0 Å². The molecule has 5 heteroatoms. The number of thiocarbonyl (C=S) groups is 1. The van der Waals surface area contributed by atoms with Crippen LogP contribution in [0.4, 0.5) is 0 Å². The molecule has 1 amide bonds. The predicted octanol–water partition coefficient (Wildman–Crippen LogP) is 0.874. The second-order valence-corrected chi connectivity index (χ2v) is 4.28. The first-order chi connectivity index (χ1) is 6.07. The lowest BCUT2D eigenvalue weighted by molar-refractivity contribution is -0.129. The average Bonchev–Trinajstić information content (AvgIpc) is 2.10. The van der Waals surface area contributed by atoms with Crippen molar-refractivity contribution in [2.75, 3.05) is 25.6 Å². The van der Waals surface area contributed by atoms with Gasteiger partial charge in [-0.15, -0.1) is 0 Å². The maximum absolute atomic E-state index is 11.3. The summed E-state index contributed by atoms with van der Waals surface area (Å²) in [7, 11) is 1.78. The van der Waals surface area contributed by atoms with Crippen molar-refractivity contribution in [3.8, 4) is 0 Å². The maximum atomic E-state index is 11.3. The highest BCUT2D eigenvalue weighted by molar-refractivity contribution is 7.98. The van der Waals surface area contributed by atoms with Gasteiger partial charge in [-0.05, 0) is 6.26 Å². The number of carbonyl (C=O) groups is 1. The third kappa shape index (κ3) is 6.83. The zero-order valence-corrected chi connectivity index (χ0v) is 9.71. The number of hydrogen-bond acceptors (Lipinski definition) is 3. The van der Waals surface area contributed by atoms with Crippen LogP contribution in [0.3, 0.4) is 0 Å². The normalized spacial score (nSPS) is 9.69. The first kappa shape index (κ1) is 12.7. The molecule has 76 valence electrons. The van der Waals surface area contributed by atoms with Gasteiger partial charge >= 0.3 is 0 Å². The third-order valence-electron chi connectivity index (χ3n) is 1.64. The quantitative estimate of drug-likeness (QED) is 0.675. The Morgan fingerprint density at radius 2 is 2.15 bits per heavy atom. The van der Waals surface area contributed by atoms with E-state index in [2.05, 4.69) is 0 Å². The molecule has 0 atom stereocenters. The van der Waals surface area contributed by atoms with Crippen LogP contribution in [0.1, 0.15) is 12.8 Å². The molecule has 0 aromatic heterocycles. The summed E-state index contributed by atoms with van der Waals surface area (Å²) in [6.07, 6.45) is 3.19. The van der Waals surface area contributed by atoms with Crippen molar-refractivity contribution in [3.05, 3.63) is 0 Å². The Morgan fingerprint density at radius 3 is 2.62 bits per heavy atom. The van der Waals surface area contributed by atoms with Crippen LogP contribution in [-0.2, 0) is 4.79 Å². The summed E-state index contributed by atoms with van der Waals surface area (Å²) in [6.45, 7) is 0.628. The second-order valence-electron chi connectivity index (χ2n) is 2.77. The Bertz CT molecular complexity index is 185. The van der Waals surface area contributed by atoms with Crippen LogP contribution in [-0.4, -0.2) is 41.4 Å². The second kappa shape index (κ2) is 7.15. The zero-order valence-electron chi connectivity index (χ0n) is 8.08. The Balaban J connectivity index is 3.62. The van der Waals surface area contributed by atoms with E-state index in [1.54, 1.807) is 23.7 Å². The molecule has 0 saturated carbocycles. The van der Waals surface area contributed by atoms with Crippen LogP contribution < -0.4 is 5.73 Å². The fourth-order valence-electron chi connectivity index (χ4n) is 0.783. The van der Waals surface area contributed by atoms with Gasteiger partial charge in [0.05, 0.1) is 4.99 Å². The zero-order chi connectivity index (χ0) is 10.3. The number of nitrogens with zero attached hydrogens (tertiary/aromatic N) is 1. The van der Waals surface area contributed by atoms with E-state index < -0.39 is 0 Å². The van der Waals surface area contributed by atoms with Crippen LogP contribution in [0.5, 0.6) is 0 Å². The van der Waals surface area contributed by atoms with E-state index in [0.717, 1.165) is 5.75 Å². The molecule has 0 fully saturated rings. The first-order valence-corrected chi connectivity index (χ1v) is 5.89. The standard InChI is InChI=1S/C8H16N2OS2/c1-10(5-3-7(9)12)8(11)4-6-13-2/h3-6H2,1-2H3,(H2,9,12). The van der Waals surface area contributed by atoms with Gasteiger partial charge in [-0.2, -0.15) is 11.8 Å². The molecule has 0 aromatic carbocycles. The van der Waals surface area contributed by atoms with Gasteiger partial charge < -0.3 is 10.6 Å². The van der Waals surface area contributed by atoms with Crippen molar-refractivity contribution >= 4 is 34.9 Å². The van der Waals surface area contributed by atoms with E-state index in [1.807, 2.05) is 6.26 Å². The molecule has 0 rings (SSSR count). The van der Waals surface area contributed by atoms with Crippen LogP contribution in [0.2, 0.25) is 0 Å². The van der Waals surface area contributed by atoms with E-state index in [0.29, 0.717) is 24.4 Å². The molecular formula is C8H16N2OS2. The third-order valence-corrected chi connectivity index (χ3v) is 2.46. The largest absolute Gasteiger partial charge is 0.393 e. The van der Waals surface area contributed by atoms with Crippen molar-refractivity contribution in [2.24, 2.45) is 5.73 Å². The van der Waals surface area contributed by atoms with Gasteiger partial charge in [0.15, 0.2) is 0 Å². The minimum absolute atomic E-state index is 0.158. The topological polar surface area (TPSA) is 46.3 Å². The molecule has 0 aliphatic heterocycles. The van der Waals surface area contributed by atoms with Crippen molar-refractivity contribution in [2.45, 2.75) is 12.8 Å². The molecule has 0 bridgehead atoms. The molecule has 0 radical (unpaired) electrons. The molecule has 0 aliphatic carbocycles. The summed E-state index contributed by atoms with van der Waals surface area (Å²) >= 11 is 6.40. The van der Waals surface area contributed by atoms with Gasteiger partial charge in [0.1, 0.15) is 0 Å². The van der Waals surface area contributed by atoms with Gasteiger partial charge in [0, 0.05) is 32.2 Å². The number of carbonyl (C=O) groups excluding carboxylic acids is 1. The first-order valence-electron chi connectivity index (χ1n) is 4.09. The average molecular weight is 220 g/mol. The van der Waals surface area contributed by atoms with Gasteiger partial charge in [-0.1, -0.05) is 12.2 Å². The number of thioether (sulfide) groups is 1. The lowest BCUT2D eigenvalue weighted by Crippen LogP contribution is -2.30. The molecule has 0 spiro atoms. The monoisotopic (exact) mass is 220 g/mol. The van der Waals surface area contributed by atoms with Crippen LogP contribution in [0.15, 0.2) is 0 Å². The lowest BCUT2D eigenvalue weighted by Gasteiger charge is -2.16. The van der Waals surface area contributed by atoms with Crippen molar-refractivity contribution in [1.29, 1.82) is 0 Å². The number of nitrogens with two attached hydrogens (primary N) is 1. The molecule has 0 unspecified atom stereocenters. The number of rotatable bonds is 6. The highest BCUT2D eigenvalue weighted by atomic mass is 32.2. The summed E-state index contributed by atoms with van der Waals surface area (Å²) in [5.74, 6) is 1.03. The summed E-state index contributed by atoms with van der Waals surface area (Å²) in [6, 6.07) is 0. The lowest BCUT2D eigenvalue weighted by atomic mass is 10.3. The molecule has 13 heavy (non-hydrogen) atoms. The minimum Gasteiger partial charge on any atom is -0.393 e. The summed E-state index contributed by atoms with van der Waals surface area (Å²) in [5, 5.41) is 0.